The first-order valence-corrected chi connectivity index (χ1v) is 8.18. The number of benzene rings is 2. The molecular formula is C19H13FN2OS. The highest BCUT2D eigenvalue weighted by Gasteiger charge is 2.25. The quantitative estimate of drug-likeness (QED) is 0.646. The average molecular weight is 336 g/mol. The van der Waals surface area contributed by atoms with E-state index in [2.05, 4.69) is 4.98 Å². The highest BCUT2D eigenvalue weighted by atomic mass is 32.1. The van der Waals surface area contributed by atoms with Gasteiger partial charge in [-0.3, -0.25) is 4.79 Å². The Morgan fingerprint density at radius 1 is 1.17 bits per heavy atom. The molecule has 1 aromatic heterocycles. The summed E-state index contributed by atoms with van der Waals surface area (Å²) in [5.74, 6) is -1.78. The molecule has 118 valence electrons. The van der Waals surface area contributed by atoms with Gasteiger partial charge in [0, 0.05) is 16.5 Å². The number of hydrogen-bond acceptors (Lipinski definition) is 4. The van der Waals surface area contributed by atoms with Crippen molar-refractivity contribution in [2.45, 2.75) is 12.8 Å². The Hall–Kier alpha value is -2.84. The molecule has 3 nitrogen and oxygen atoms in total. The van der Waals surface area contributed by atoms with Gasteiger partial charge >= 0.3 is 0 Å². The van der Waals surface area contributed by atoms with Gasteiger partial charge in [-0.15, -0.1) is 11.3 Å². The molecule has 2 aromatic carbocycles. The molecule has 0 saturated heterocycles. The molecule has 0 amide bonds. The summed E-state index contributed by atoms with van der Waals surface area (Å²) in [7, 11) is 0. The van der Waals surface area contributed by atoms with Crippen LogP contribution in [0.25, 0.3) is 11.3 Å². The van der Waals surface area contributed by atoms with E-state index in [0.29, 0.717) is 10.6 Å². The van der Waals surface area contributed by atoms with Gasteiger partial charge in [0.25, 0.3) is 0 Å². The number of aromatic nitrogens is 1. The average Bonchev–Trinajstić information content (AvgIpc) is 3.06. The van der Waals surface area contributed by atoms with Gasteiger partial charge in [0.05, 0.1) is 11.8 Å². The Kier molecular flexibility index (Phi) is 4.50. The van der Waals surface area contributed by atoms with Crippen LogP contribution in [-0.2, 0) is 0 Å². The van der Waals surface area contributed by atoms with Crippen LogP contribution in [-0.4, -0.2) is 10.8 Å². The Morgan fingerprint density at radius 2 is 1.83 bits per heavy atom. The highest BCUT2D eigenvalue weighted by Crippen LogP contribution is 2.28. The van der Waals surface area contributed by atoms with Gasteiger partial charge in [-0.2, -0.15) is 5.26 Å². The molecule has 0 bridgehead atoms. The van der Waals surface area contributed by atoms with E-state index in [-0.39, 0.29) is 5.78 Å². The maximum atomic E-state index is 13.0. The van der Waals surface area contributed by atoms with Gasteiger partial charge in [-0.1, -0.05) is 29.8 Å². The first kappa shape index (κ1) is 16.0. The topological polar surface area (TPSA) is 53.8 Å². The van der Waals surface area contributed by atoms with Gasteiger partial charge in [0.15, 0.2) is 11.7 Å². The van der Waals surface area contributed by atoms with Crippen LogP contribution < -0.4 is 0 Å². The van der Waals surface area contributed by atoms with Crippen molar-refractivity contribution in [3.05, 3.63) is 75.9 Å². The Labute approximate surface area is 143 Å². The second-order valence-electron chi connectivity index (χ2n) is 5.37. The van der Waals surface area contributed by atoms with Crippen molar-refractivity contribution in [2.24, 2.45) is 0 Å². The third-order valence-corrected chi connectivity index (χ3v) is 4.55. The fourth-order valence-electron chi connectivity index (χ4n) is 2.28. The van der Waals surface area contributed by atoms with E-state index in [1.807, 2.05) is 42.6 Å². The number of nitriles is 1. The second kappa shape index (κ2) is 6.73. The number of Topliss-reactive ketones (excluding diaryl/α,β-unsaturated/α-hetero) is 1. The van der Waals surface area contributed by atoms with Gasteiger partial charge in [-0.05, 0) is 31.2 Å². The lowest BCUT2D eigenvalue weighted by Gasteiger charge is -2.05. The lowest BCUT2D eigenvalue weighted by atomic mass is 9.99. The molecule has 24 heavy (non-hydrogen) atoms. The van der Waals surface area contributed by atoms with Gasteiger partial charge in [0.2, 0.25) is 0 Å². The zero-order valence-electron chi connectivity index (χ0n) is 12.9. The van der Waals surface area contributed by atoms with E-state index in [1.54, 1.807) is 0 Å². The molecule has 0 saturated carbocycles. The number of ketones is 1. The summed E-state index contributed by atoms with van der Waals surface area (Å²) < 4.78 is 13.0. The Morgan fingerprint density at radius 3 is 2.46 bits per heavy atom. The first-order chi connectivity index (χ1) is 11.6. The van der Waals surface area contributed by atoms with Crippen molar-refractivity contribution in [2.75, 3.05) is 0 Å². The van der Waals surface area contributed by atoms with E-state index in [0.717, 1.165) is 16.8 Å². The number of carbonyl (C=O) groups is 1. The molecule has 0 spiro atoms. The van der Waals surface area contributed by atoms with Crippen molar-refractivity contribution in [3.63, 3.8) is 0 Å². The molecule has 5 heteroatoms. The molecule has 0 aliphatic heterocycles. The molecule has 0 aliphatic rings. The normalized spacial score (nSPS) is 11.7. The summed E-state index contributed by atoms with van der Waals surface area (Å²) in [5, 5.41) is 11.7. The standard InChI is InChI=1S/C19H13FN2OS/c1-12-2-4-13(5-3-12)17-11-24-19(22-17)16(10-21)18(23)14-6-8-15(20)9-7-14/h2-9,11,16H,1H3. The molecule has 1 atom stereocenters. The maximum Gasteiger partial charge on any atom is 0.186 e. The number of halogens is 1. The van der Waals surface area contributed by atoms with Crippen LogP contribution in [0, 0.1) is 24.1 Å². The van der Waals surface area contributed by atoms with E-state index < -0.39 is 11.7 Å². The maximum absolute atomic E-state index is 13.0. The fourth-order valence-corrected chi connectivity index (χ4v) is 3.15. The lowest BCUT2D eigenvalue weighted by molar-refractivity contribution is 0.0979. The second-order valence-corrected chi connectivity index (χ2v) is 6.26. The third-order valence-electron chi connectivity index (χ3n) is 3.64. The van der Waals surface area contributed by atoms with Crippen molar-refractivity contribution in [1.29, 1.82) is 5.26 Å². The molecule has 0 radical (unpaired) electrons. The van der Waals surface area contributed by atoms with Crippen LogP contribution >= 0.6 is 11.3 Å². The van der Waals surface area contributed by atoms with E-state index in [9.17, 15) is 14.4 Å². The van der Waals surface area contributed by atoms with Gasteiger partial charge in [-0.25, -0.2) is 9.37 Å². The Balaban J connectivity index is 1.89. The minimum atomic E-state index is -0.986. The molecule has 0 N–H and O–H groups in total. The molecule has 1 heterocycles. The lowest BCUT2D eigenvalue weighted by Crippen LogP contribution is -2.11. The Bertz CT molecular complexity index is 908. The molecule has 3 rings (SSSR count). The van der Waals surface area contributed by atoms with Crippen LogP contribution in [0.2, 0.25) is 0 Å². The minimum Gasteiger partial charge on any atom is -0.292 e. The molecule has 1 unspecified atom stereocenters. The van der Waals surface area contributed by atoms with Gasteiger partial charge in [0.1, 0.15) is 10.8 Å². The van der Waals surface area contributed by atoms with Crippen molar-refractivity contribution >= 4 is 17.1 Å². The van der Waals surface area contributed by atoms with Crippen LogP contribution in [0.5, 0.6) is 0 Å². The highest BCUT2D eigenvalue weighted by molar-refractivity contribution is 7.10. The first-order valence-electron chi connectivity index (χ1n) is 7.30. The summed E-state index contributed by atoms with van der Waals surface area (Å²) in [6.45, 7) is 2.00. The van der Waals surface area contributed by atoms with Crippen LogP contribution in [0.4, 0.5) is 4.39 Å². The van der Waals surface area contributed by atoms with Crippen molar-refractivity contribution in [3.8, 4) is 17.3 Å². The molecule has 0 fully saturated rings. The monoisotopic (exact) mass is 336 g/mol. The largest absolute Gasteiger partial charge is 0.292 e. The van der Waals surface area contributed by atoms with Crippen LogP contribution in [0.15, 0.2) is 53.9 Å². The molecule has 0 aliphatic carbocycles. The van der Waals surface area contributed by atoms with E-state index in [4.69, 9.17) is 0 Å². The molecular weight excluding hydrogens is 323 g/mol. The van der Waals surface area contributed by atoms with Crippen molar-refractivity contribution in [1.82, 2.24) is 4.98 Å². The zero-order chi connectivity index (χ0) is 17.1. The number of carbonyl (C=O) groups excluding carboxylic acids is 1. The predicted molar refractivity (Wildman–Crippen MR) is 91.4 cm³/mol. The van der Waals surface area contributed by atoms with Crippen LogP contribution in [0.1, 0.15) is 26.8 Å². The third kappa shape index (κ3) is 3.24. The number of rotatable bonds is 4. The summed E-state index contributed by atoms with van der Waals surface area (Å²) in [6.07, 6.45) is 0. The summed E-state index contributed by atoms with van der Waals surface area (Å²) in [6, 6.07) is 15.1. The number of thiazole rings is 1. The predicted octanol–water partition coefficient (Wildman–Crippen LogP) is 4.75. The van der Waals surface area contributed by atoms with Crippen molar-refractivity contribution < 1.29 is 9.18 Å². The van der Waals surface area contributed by atoms with E-state index in [1.165, 1.54) is 35.6 Å². The summed E-state index contributed by atoms with van der Waals surface area (Å²) in [4.78, 5) is 16.9. The smallest absolute Gasteiger partial charge is 0.186 e. The number of hydrogen-bond donors (Lipinski definition) is 0. The fraction of sp³-hybridized carbons (Fsp3) is 0.105. The summed E-state index contributed by atoms with van der Waals surface area (Å²) >= 11 is 1.28. The SMILES string of the molecule is Cc1ccc(-c2csc(C(C#N)C(=O)c3ccc(F)cc3)n2)cc1. The summed E-state index contributed by atoms with van der Waals surface area (Å²) in [5.41, 5.74) is 3.13. The van der Waals surface area contributed by atoms with Gasteiger partial charge < -0.3 is 0 Å². The molecule has 3 aromatic rings. The van der Waals surface area contributed by atoms with Crippen LogP contribution in [0.3, 0.4) is 0 Å². The van der Waals surface area contributed by atoms with E-state index >= 15 is 0 Å². The minimum absolute atomic E-state index is 0.301. The zero-order valence-corrected chi connectivity index (χ0v) is 13.7. The number of aryl methyl sites for hydroxylation is 1. The number of nitrogens with zero attached hydrogens (tertiary/aromatic N) is 2.